The van der Waals surface area contributed by atoms with E-state index in [-0.39, 0.29) is 18.3 Å². The van der Waals surface area contributed by atoms with Crippen molar-refractivity contribution in [3.63, 3.8) is 0 Å². The predicted octanol–water partition coefficient (Wildman–Crippen LogP) is 1.75. The largest absolute Gasteiger partial charge is 1.00 e. The molecule has 1 aliphatic rings. The summed E-state index contributed by atoms with van der Waals surface area (Å²) >= 11 is 0. The molecular formula is C25H35ClNO2-. The summed E-state index contributed by atoms with van der Waals surface area (Å²) in [5, 5.41) is 12.2. The van der Waals surface area contributed by atoms with Crippen molar-refractivity contribution in [2.75, 3.05) is 32.8 Å². The van der Waals surface area contributed by atoms with Crippen LogP contribution in [0.1, 0.15) is 55.7 Å². The molecule has 160 valence electrons. The maximum atomic E-state index is 12.2. The van der Waals surface area contributed by atoms with Crippen LogP contribution in [0, 0.1) is 0 Å². The van der Waals surface area contributed by atoms with Crippen molar-refractivity contribution in [3.8, 4) is 0 Å². The van der Waals surface area contributed by atoms with Crippen LogP contribution in [-0.4, -0.2) is 42.9 Å². The van der Waals surface area contributed by atoms with E-state index in [1.54, 1.807) is 0 Å². The molecule has 29 heavy (non-hydrogen) atoms. The minimum atomic E-state index is -0.873. The molecule has 4 heteroatoms. The van der Waals surface area contributed by atoms with Crippen LogP contribution in [0.25, 0.3) is 0 Å². The van der Waals surface area contributed by atoms with Crippen molar-refractivity contribution < 1.29 is 22.3 Å². The third-order valence-electron chi connectivity index (χ3n) is 6.10. The molecule has 3 nitrogen and oxygen atoms in total. The summed E-state index contributed by atoms with van der Waals surface area (Å²) in [7, 11) is 0. The summed E-state index contributed by atoms with van der Waals surface area (Å²) < 4.78 is 5.54. The van der Waals surface area contributed by atoms with Crippen molar-refractivity contribution in [2.24, 2.45) is 0 Å². The number of morpholine rings is 1. The van der Waals surface area contributed by atoms with E-state index < -0.39 is 5.60 Å². The maximum Gasteiger partial charge on any atom is 0.0977 e. The van der Waals surface area contributed by atoms with E-state index in [2.05, 4.69) is 73.3 Å². The van der Waals surface area contributed by atoms with Gasteiger partial charge in [-0.1, -0.05) is 81.3 Å². The van der Waals surface area contributed by atoms with Gasteiger partial charge in [0.1, 0.15) is 0 Å². The van der Waals surface area contributed by atoms with Gasteiger partial charge in [-0.25, -0.2) is 0 Å². The van der Waals surface area contributed by atoms with E-state index in [0.717, 1.165) is 64.1 Å². The fourth-order valence-corrected chi connectivity index (χ4v) is 4.25. The van der Waals surface area contributed by atoms with Gasteiger partial charge < -0.3 is 22.3 Å². The number of rotatable bonds is 9. The quantitative estimate of drug-likeness (QED) is 0.676. The van der Waals surface area contributed by atoms with Crippen molar-refractivity contribution in [1.29, 1.82) is 0 Å². The number of halogens is 1. The summed E-state index contributed by atoms with van der Waals surface area (Å²) in [5.41, 5.74) is 2.69. The average Bonchev–Trinajstić information content (AvgIpc) is 2.77. The predicted molar refractivity (Wildman–Crippen MR) is 116 cm³/mol. The molecule has 1 aliphatic heterocycles. The van der Waals surface area contributed by atoms with Crippen LogP contribution in [0.5, 0.6) is 0 Å². The molecule has 0 aromatic heterocycles. The zero-order chi connectivity index (χ0) is 19.8. The molecule has 0 spiro atoms. The molecule has 0 saturated carbocycles. The van der Waals surface area contributed by atoms with E-state index in [4.69, 9.17) is 4.74 Å². The molecule has 2 aromatic carbocycles. The van der Waals surface area contributed by atoms with Gasteiger partial charge in [0.25, 0.3) is 0 Å². The van der Waals surface area contributed by atoms with Crippen molar-refractivity contribution >= 4 is 0 Å². The van der Waals surface area contributed by atoms with Crippen LogP contribution >= 0.6 is 0 Å². The highest BCUT2D eigenvalue weighted by atomic mass is 35.5. The van der Waals surface area contributed by atoms with E-state index in [1.165, 1.54) is 11.1 Å². The Hall–Kier alpha value is -1.39. The van der Waals surface area contributed by atoms with Gasteiger partial charge in [0.05, 0.1) is 18.8 Å². The van der Waals surface area contributed by atoms with Crippen LogP contribution in [0.15, 0.2) is 54.6 Å². The van der Waals surface area contributed by atoms with Crippen LogP contribution in [0.2, 0.25) is 0 Å². The molecule has 2 atom stereocenters. The molecule has 1 N–H and O–H groups in total. The molecule has 1 heterocycles. The number of hydrogen-bond donors (Lipinski definition) is 1. The summed E-state index contributed by atoms with van der Waals surface area (Å²) in [6.07, 6.45) is 3.88. The molecule has 1 fully saturated rings. The average molecular weight is 417 g/mol. The van der Waals surface area contributed by atoms with E-state index in [9.17, 15) is 5.11 Å². The number of hydrogen-bond acceptors (Lipinski definition) is 3. The number of benzene rings is 2. The van der Waals surface area contributed by atoms with Crippen LogP contribution in [0.4, 0.5) is 0 Å². The summed E-state index contributed by atoms with van der Waals surface area (Å²) in [6.45, 7) is 8.64. The van der Waals surface area contributed by atoms with Gasteiger partial charge in [-0.2, -0.15) is 0 Å². The Bertz CT molecular complexity index is 701. The smallest absolute Gasteiger partial charge is 0.0977 e. The molecule has 0 bridgehead atoms. The summed E-state index contributed by atoms with van der Waals surface area (Å²) in [4.78, 5) is 2.44. The van der Waals surface area contributed by atoms with Gasteiger partial charge in [-0.3, -0.25) is 4.90 Å². The monoisotopic (exact) mass is 416 g/mol. The SMILES string of the molecule is CCCCC(O)(c1ccc(CC)cc1)C(CN1CCOCC1)c1ccccc1.[Cl-]. The highest BCUT2D eigenvalue weighted by Gasteiger charge is 2.40. The highest BCUT2D eigenvalue weighted by molar-refractivity contribution is 5.33. The maximum absolute atomic E-state index is 12.2. The van der Waals surface area contributed by atoms with Crippen molar-refractivity contribution in [3.05, 3.63) is 71.3 Å². The molecular weight excluding hydrogens is 382 g/mol. The lowest BCUT2D eigenvalue weighted by Crippen LogP contribution is -3.00. The normalized spacial score (nSPS) is 17.9. The third kappa shape index (κ3) is 6.05. The summed E-state index contributed by atoms with van der Waals surface area (Å²) in [5.74, 6) is 0.0332. The Morgan fingerprint density at radius 2 is 1.66 bits per heavy atom. The van der Waals surface area contributed by atoms with Crippen molar-refractivity contribution in [1.82, 2.24) is 4.90 Å². The third-order valence-corrected chi connectivity index (χ3v) is 6.10. The van der Waals surface area contributed by atoms with E-state index in [1.807, 2.05) is 0 Å². The lowest BCUT2D eigenvalue weighted by molar-refractivity contribution is -0.0293. The Morgan fingerprint density at radius 1 is 1.00 bits per heavy atom. The van der Waals surface area contributed by atoms with Gasteiger partial charge in [-0.15, -0.1) is 0 Å². The molecule has 1 saturated heterocycles. The molecule has 0 radical (unpaired) electrons. The second-order valence-corrected chi connectivity index (χ2v) is 7.95. The topological polar surface area (TPSA) is 32.7 Å². The van der Waals surface area contributed by atoms with Crippen molar-refractivity contribution in [2.45, 2.75) is 51.0 Å². The second-order valence-electron chi connectivity index (χ2n) is 7.95. The fourth-order valence-electron chi connectivity index (χ4n) is 4.25. The van der Waals surface area contributed by atoms with Crippen LogP contribution in [0.3, 0.4) is 0 Å². The fraction of sp³-hybridized carbons (Fsp3) is 0.520. The Kier molecular flexibility index (Phi) is 9.64. The van der Waals surface area contributed by atoms with Gasteiger partial charge in [0.2, 0.25) is 0 Å². The second kappa shape index (κ2) is 11.7. The number of aryl methyl sites for hydroxylation is 1. The molecule has 3 rings (SSSR count). The lowest BCUT2D eigenvalue weighted by atomic mass is 9.73. The molecule has 0 aliphatic carbocycles. The molecule has 2 unspecified atom stereocenters. The van der Waals surface area contributed by atoms with Gasteiger partial charge in [0, 0.05) is 25.6 Å². The first-order valence-electron chi connectivity index (χ1n) is 10.8. The number of aliphatic hydroxyl groups is 1. The highest BCUT2D eigenvalue weighted by Crippen LogP contribution is 2.42. The zero-order valence-corrected chi connectivity index (χ0v) is 18.6. The first-order valence-corrected chi connectivity index (χ1v) is 10.8. The number of nitrogens with zero attached hydrogens (tertiary/aromatic N) is 1. The van der Waals surface area contributed by atoms with Gasteiger partial charge in [0.15, 0.2) is 0 Å². The summed E-state index contributed by atoms with van der Waals surface area (Å²) in [6, 6.07) is 19.2. The first-order chi connectivity index (χ1) is 13.7. The minimum Gasteiger partial charge on any atom is -1.00 e. The van der Waals surface area contributed by atoms with Gasteiger partial charge >= 0.3 is 0 Å². The van der Waals surface area contributed by atoms with Crippen LogP contribution < -0.4 is 12.4 Å². The molecule has 2 aromatic rings. The standard InChI is InChI=1S/C25H35NO2.ClH/c1-3-5-15-25(27,23-13-11-21(4-2)12-14-23)24(22-9-7-6-8-10-22)20-26-16-18-28-19-17-26;/h6-14,24,27H,3-5,15-20H2,1-2H3;1H/p-1. The first kappa shape index (κ1) is 23.9. The van der Waals surface area contributed by atoms with E-state index >= 15 is 0 Å². The van der Waals surface area contributed by atoms with Gasteiger partial charge in [-0.05, 0) is 29.5 Å². The Balaban J connectivity index is 0.00000300. The minimum absolute atomic E-state index is 0. The van der Waals surface area contributed by atoms with Crippen LogP contribution in [-0.2, 0) is 16.8 Å². The lowest BCUT2D eigenvalue weighted by Gasteiger charge is -2.41. The molecule has 0 amide bonds. The Morgan fingerprint density at radius 3 is 2.24 bits per heavy atom. The zero-order valence-electron chi connectivity index (χ0n) is 17.8. The number of unbranched alkanes of at least 4 members (excludes halogenated alkanes) is 1. The number of ether oxygens (including phenoxy) is 1. The Labute approximate surface area is 182 Å². The van der Waals surface area contributed by atoms with E-state index in [0.29, 0.717) is 0 Å².